The number of hydrogen-bond donors (Lipinski definition) is 1. The van der Waals surface area contributed by atoms with Gasteiger partial charge in [-0.15, -0.1) is 0 Å². The summed E-state index contributed by atoms with van der Waals surface area (Å²) in [6.07, 6.45) is 4.95. The van der Waals surface area contributed by atoms with Crippen LogP contribution in [0.4, 0.5) is 5.69 Å². The highest BCUT2D eigenvalue weighted by Gasteiger charge is 2.21. The lowest BCUT2D eigenvalue weighted by molar-refractivity contribution is 0.617. The molecule has 1 atom stereocenters. The molecule has 0 saturated carbocycles. The molecule has 0 bridgehead atoms. The number of halogens is 1. The Morgan fingerprint density at radius 2 is 2.43 bits per heavy atom. The van der Waals surface area contributed by atoms with Gasteiger partial charge in [-0.05, 0) is 35.5 Å². The molecule has 4 heteroatoms. The van der Waals surface area contributed by atoms with Crippen molar-refractivity contribution in [3.8, 4) is 0 Å². The van der Waals surface area contributed by atoms with Crippen LogP contribution in [0.3, 0.4) is 0 Å². The molecule has 2 rings (SSSR count). The quantitative estimate of drug-likeness (QED) is 0.871. The maximum Gasteiger partial charge on any atom is 0.0564 e. The van der Waals surface area contributed by atoms with E-state index in [4.69, 9.17) is 0 Å². The Balaban J connectivity index is 2.09. The van der Waals surface area contributed by atoms with Crippen molar-refractivity contribution in [2.24, 2.45) is 0 Å². The lowest BCUT2D eigenvalue weighted by Gasteiger charge is -2.18. The molecule has 14 heavy (non-hydrogen) atoms. The molecule has 0 aliphatic carbocycles. The van der Waals surface area contributed by atoms with Gasteiger partial charge in [0.25, 0.3) is 0 Å². The fraction of sp³-hybridized carbons (Fsp3) is 0.500. The van der Waals surface area contributed by atoms with Crippen molar-refractivity contribution in [1.29, 1.82) is 0 Å². The maximum atomic E-state index is 4.17. The SMILES string of the molecule is CNC1CCN(c2cncc(Br)c2)C1. The third kappa shape index (κ3) is 2.07. The van der Waals surface area contributed by atoms with Crippen LogP contribution in [0, 0.1) is 0 Å². The van der Waals surface area contributed by atoms with E-state index in [0.29, 0.717) is 6.04 Å². The third-order valence-corrected chi connectivity index (χ3v) is 3.09. The Labute approximate surface area is 92.6 Å². The molecule has 1 N–H and O–H groups in total. The zero-order chi connectivity index (χ0) is 9.97. The molecule has 1 fully saturated rings. The first-order chi connectivity index (χ1) is 6.79. The van der Waals surface area contributed by atoms with Crippen LogP contribution in [-0.2, 0) is 0 Å². The largest absolute Gasteiger partial charge is 0.369 e. The van der Waals surface area contributed by atoms with E-state index in [1.807, 2.05) is 19.4 Å². The van der Waals surface area contributed by atoms with Gasteiger partial charge >= 0.3 is 0 Å². The monoisotopic (exact) mass is 255 g/mol. The molecule has 0 spiro atoms. The molecule has 1 aliphatic rings. The molecule has 0 radical (unpaired) electrons. The molecule has 1 aromatic heterocycles. The van der Waals surface area contributed by atoms with Gasteiger partial charge in [0.2, 0.25) is 0 Å². The molecule has 76 valence electrons. The lowest BCUT2D eigenvalue weighted by Crippen LogP contribution is -2.29. The van der Waals surface area contributed by atoms with E-state index >= 15 is 0 Å². The van der Waals surface area contributed by atoms with Gasteiger partial charge in [0.15, 0.2) is 0 Å². The van der Waals surface area contributed by atoms with Gasteiger partial charge in [-0.1, -0.05) is 0 Å². The first-order valence-corrected chi connectivity index (χ1v) is 5.61. The van der Waals surface area contributed by atoms with E-state index in [2.05, 4.69) is 37.2 Å². The van der Waals surface area contributed by atoms with Crippen LogP contribution < -0.4 is 10.2 Å². The fourth-order valence-corrected chi connectivity index (χ4v) is 2.16. The highest BCUT2D eigenvalue weighted by Crippen LogP contribution is 2.22. The maximum absolute atomic E-state index is 4.17. The summed E-state index contributed by atoms with van der Waals surface area (Å²) in [5.74, 6) is 0. The van der Waals surface area contributed by atoms with Crippen molar-refractivity contribution < 1.29 is 0 Å². The minimum atomic E-state index is 0.619. The number of pyridine rings is 1. The van der Waals surface area contributed by atoms with Crippen LogP contribution in [0.25, 0.3) is 0 Å². The molecule has 1 saturated heterocycles. The van der Waals surface area contributed by atoms with Gasteiger partial charge in [-0.25, -0.2) is 0 Å². The number of nitrogens with zero attached hydrogens (tertiary/aromatic N) is 2. The number of likely N-dealkylation sites (N-methyl/N-ethyl adjacent to an activating group) is 1. The zero-order valence-corrected chi connectivity index (χ0v) is 9.79. The summed E-state index contributed by atoms with van der Waals surface area (Å²) < 4.78 is 1.04. The highest BCUT2D eigenvalue weighted by atomic mass is 79.9. The van der Waals surface area contributed by atoms with Crippen molar-refractivity contribution in [1.82, 2.24) is 10.3 Å². The second-order valence-electron chi connectivity index (χ2n) is 3.58. The van der Waals surface area contributed by atoms with Crippen LogP contribution in [0.5, 0.6) is 0 Å². The predicted octanol–water partition coefficient (Wildman–Crippen LogP) is 1.64. The number of anilines is 1. The summed E-state index contributed by atoms with van der Waals surface area (Å²) in [5, 5.41) is 3.30. The van der Waals surface area contributed by atoms with Crippen LogP contribution in [0.2, 0.25) is 0 Å². The van der Waals surface area contributed by atoms with Crippen molar-refractivity contribution in [3.05, 3.63) is 22.9 Å². The smallest absolute Gasteiger partial charge is 0.0564 e. The minimum Gasteiger partial charge on any atom is -0.369 e. The Morgan fingerprint density at radius 3 is 3.07 bits per heavy atom. The average molecular weight is 256 g/mol. The Hall–Kier alpha value is -0.610. The molecule has 1 aromatic rings. The van der Waals surface area contributed by atoms with E-state index < -0.39 is 0 Å². The summed E-state index contributed by atoms with van der Waals surface area (Å²) >= 11 is 3.44. The van der Waals surface area contributed by atoms with Gasteiger partial charge < -0.3 is 10.2 Å². The molecular weight excluding hydrogens is 242 g/mol. The summed E-state index contributed by atoms with van der Waals surface area (Å²) in [6.45, 7) is 2.19. The second-order valence-corrected chi connectivity index (χ2v) is 4.50. The number of rotatable bonds is 2. The van der Waals surface area contributed by atoms with Crippen molar-refractivity contribution >= 4 is 21.6 Å². The van der Waals surface area contributed by atoms with Gasteiger partial charge in [0, 0.05) is 29.8 Å². The molecule has 0 aromatic carbocycles. The third-order valence-electron chi connectivity index (χ3n) is 2.65. The molecule has 3 nitrogen and oxygen atoms in total. The van der Waals surface area contributed by atoms with Crippen LogP contribution in [0.15, 0.2) is 22.9 Å². The standard InChI is InChI=1S/C10H14BrN3/c1-12-9-2-3-14(7-9)10-4-8(11)5-13-6-10/h4-6,9,12H,2-3,7H2,1H3. The van der Waals surface area contributed by atoms with Gasteiger partial charge in [0.05, 0.1) is 11.9 Å². The molecule has 2 heterocycles. The van der Waals surface area contributed by atoms with Crippen molar-refractivity contribution in [2.75, 3.05) is 25.0 Å². The van der Waals surface area contributed by atoms with Crippen molar-refractivity contribution in [2.45, 2.75) is 12.5 Å². The second kappa shape index (κ2) is 4.28. The first-order valence-electron chi connectivity index (χ1n) is 4.82. The van der Waals surface area contributed by atoms with Crippen molar-refractivity contribution in [3.63, 3.8) is 0 Å². The molecule has 1 aliphatic heterocycles. The Bertz CT molecular complexity index is 316. The van der Waals surface area contributed by atoms with Crippen LogP contribution >= 0.6 is 15.9 Å². The van der Waals surface area contributed by atoms with E-state index in [0.717, 1.165) is 17.6 Å². The highest BCUT2D eigenvalue weighted by molar-refractivity contribution is 9.10. The van der Waals surface area contributed by atoms with Gasteiger partial charge in [-0.3, -0.25) is 4.98 Å². The normalized spacial score (nSPS) is 21.6. The number of aromatic nitrogens is 1. The van der Waals surface area contributed by atoms with E-state index in [1.54, 1.807) is 0 Å². The van der Waals surface area contributed by atoms with Gasteiger partial charge in [0.1, 0.15) is 0 Å². The Kier molecular flexibility index (Phi) is 3.03. The number of nitrogens with one attached hydrogen (secondary N) is 1. The van der Waals surface area contributed by atoms with Gasteiger partial charge in [-0.2, -0.15) is 0 Å². The molecular formula is C10H14BrN3. The first kappa shape index (κ1) is 9.93. The summed E-state index contributed by atoms with van der Waals surface area (Å²) in [7, 11) is 2.02. The number of hydrogen-bond acceptors (Lipinski definition) is 3. The summed E-state index contributed by atoms with van der Waals surface area (Å²) in [5.41, 5.74) is 1.21. The summed E-state index contributed by atoms with van der Waals surface area (Å²) in [4.78, 5) is 6.53. The van der Waals surface area contributed by atoms with Crippen LogP contribution in [0.1, 0.15) is 6.42 Å². The van der Waals surface area contributed by atoms with E-state index in [1.165, 1.54) is 12.1 Å². The topological polar surface area (TPSA) is 28.2 Å². The van der Waals surface area contributed by atoms with E-state index in [-0.39, 0.29) is 0 Å². The summed E-state index contributed by atoms with van der Waals surface area (Å²) in [6, 6.07) is 2.74. The van der Waals surface area contributed by atoms with E-state index in [9.17, 15) is 0 Å². The zero-order valence-electron chi connectivity index (χ0n) is 8.20. The predicted molar refractivity (Wildman–Crippen MR) is 61.6 cm³/mol. The fourth-order valence-electron chi connectivity index (χ4n) is 1.80. The average Bonchev–Trinajstić information content (AvgIpc) is 2.66. The molecule has 1 unspecified atom stereocenters. The lowest BCUT2D eigenvalue weighted by atomic mass is 10.3. The Morgan fingerprint density at radius 1 is 1.57 bits per heavy atom. The minimum absolute atomic E-state index is 0.619. The van der Waals surface area contributed by atoms with Crippen LogP contribution in [-0.4, -0.2) is 31.2 Å². The molecule has 0 amide bonds.